The summed E-state index contributed by atoms with van der Waals surface area (Å²) in [4.78, 5) is 10.7. The van der Waals surface area contributed by atoms with Crippen LogP contribution in [0.3, 0.4) is 0 Å². The molecule has 5 nitrogen and oxygen atoms in total. The summed E-state index contributed by atoms with van der Waals surface area (Å²) in [5.74, 6) is -0.651. The molecule has 7 heteroatoms. The van der Waals surface area contributed by atoms with E-state index in [9.17, 15) is 13.6 Å². The van der Waals surface area contributed by atoms with Gasteiger partial charge in [0, 0.05) is 16.8 Å². The van der Waals surface area contributed by atoms with E-state index in [1.54, 1.807) is 0 Å². The third kappa shape index (κ3) is 2.69. The summed E-state index contributed by atoms with van der Waals surface area (Å²) in [6, 6.07) is 4.06. The standard InChI is InChI=1S/C7H7ClN2O3S/c8-5-2-1-4(7(9)11)3-6(5)10-14(12)13/h1-3,10H,(H2,9,11)(H,12,13)/p-1. The number of hydrogen-bond donors (Lipinski definition) is 2. The Morgan fingerprint density at radius 1 is 1.57 bits per heavy atom. The number of benzene rings is 1. The molecule has 0 aliphatic carbocycles. The molecule has 1 unspecified atom stereocenters. The molecule has 1 rings (SSSR count). The van der Waals surface area contributed by atoms with Gasteiger partial charge in [-0.15, -0.1) is 0 Å². The minimum Gasteiger partial charge on any atom is -0.755 e. The highest BCUT2D eigenvalue weighted by molar-refractivity contribution is 7.80. The Balaban J connectivity index is 3.08. The Hall–Kier alpha value is -1.11. The maximum atomic E-state index is 10.7. The van der Waals surface area contributed by atoms with Crippen LogP contribution in [0.25, 0.3) is 0 Å². The molecule has 0 saturated heterocycles. The van der Waals surface area contributed by atoms with Crippen LogP contribution in [0.4, 0.5) is 5.69 Å². The van der Waals surface area contributed by atoms with Crippen molar-refractivity contribution in [2.45, 2.75) is 0 Å². The van der Waals surface area contributed by atoms with Crippen molar-refractivity contribution in [2.24, 2.45) is 5.73 Å². The first-order valence-corrected chi connectivity index (χ1v) is 4.91. The summed E-state index contributed by atoms with van der Waals surface area (Å²) in [6.45, 7) is 0. The molecule has 0 bridgehead atoms. The summed E-state index contributed by atoms with van der Waals surface area (Å²) in [7, 11) is 0. The first-order valence-electron chi connectivity index (χ1n) is 3.46. The third-order valence-corrected chi connectivity index (χ3v) is 2.16. The Labute approximate surface area is 87.7 Å². The van der Waals surface area contributed by atoms with Gasteiger partial charge in [-0.1, -0.05) is 11.6 Å². The fourth-order valence-corrected chi connectivity index (χ4v) is 1.42. The Bertz CT molecular complexity index is 397. The summed E-state index contributed by atoms with van der Waals surface area (Å²) in [5.41, 5.74) is 5.30. The van der Waals surface area contributed by atoms with Crippen molar-refractivity contribution in [2.75, 3.05) is 4.72 Å². The molecule has 0 spiro atoms. The van der Waals surface area contributed by atoms with E-state index in [0.717, 1.165) is 0 Å². The Morgan fingerprint density at radius 2 is 2.21 bits per heavy atom. The van der Waals surface area contributed by atoms with Crippen LogP contribution in [0, 0.1) is 0 Å². The number of carbonyl (C=O) groups is 1. The van der Waals surface area contributed by atoms with Crippen molar-refractivity contribution >= 4 is 34.5 Å². The molecule has 76 valence electrons. The molecule has 0 aromatic heterocycles. The van der Waals surface area contributed by atoms with Gasteiger partial charge < -0.3 is 15.0 Å². The predicted octanol–water partition coefficient (Wildman–Crippen LogP) is 0.645. The van der Waals surface area contributed by atoms with Crippen LogP contribution in [-0.4, -0.2) is 14.7 Å². The number of halogens is 1. The zero-order chi connectivity index (χ0) is 10.7. The van der Waals surface area contributed by atoms with Gasteiger partial charge in [-0.3, -0.25) is 9.00 Å². The van der Waals surface area contributed by atoms with Crippen LogP contribution in [0.2, 0.25) is 5.02 Å². The normalized spacial score (nSPS) is 12.1. The molecule has 1 amide bonds. The van der Waals surface area contributed by atoms with Crippen molar-refractivity contribution in [3.8, 4) is 0 Å². The minimum absolute atomic E-state index is 0.122. The topological polar surface area (TPSA) is 95.2 Å². The fourth-order valence-electron chi connectivity index (χ4n) is 0.847. The Morgan fingerprint density at radius 3 is 2.71 bits per heavy atom. The second-order valence-electron chi connectivity index (χ2n) is 2.40. The molecule has 0 aliphatic rings. The molecule has 14 heavy (non-hydrogen) atoms. The van der Waals surface area contributed by atoms with Crippen molar-refractivity contribution < 1.29 is 13.6 Å². The minimum atomic E-state index is -2.48. The maximum Gasteiger partial charge on any atom is 0.248 e. The molecule has 0 heterocycles. The number of nitrogens with one attached hydrogen (secondary N) is 1. The fraction of sp³-hybridized carbons (Fsp3) is 0. The summed E-state index contributed by atoms with van der Waals surface area (Å²) in [5, 5.41) is 0.194. The van der Waals surface area contributed by atoms with Crippen LogP contribution in [0.15, 0.2) is 18.2 Å². The summed E-state index contributed by atoms with van der Waals surface area (Å²) >= 11 is 3.17. The second-order valence-corrected chi connectivity index (χ2v) is 3.48. The van der Waals surface area contributed by atoms with Crippen LogP contribution in [0.5, 0.6) is 0 Å². The van der Waals surface area contributed by atoms with Crippen molar-refractivity contribution in [3.63, 3.8) is 0 Å². The first kappa shape index (κ1) is 11.0. The molecule has 3 N–H and O–H groups in total. The van der Waals surface area contributed by atoms with Crippen molar-refractivity contribution in [1.82, 2.24) is 0 Å². The van der Waals surface area contributed by atoms with E-state index < -0.39 is 17.2 Å². The lowest BCUT2D eigenvalue weighted by molar-refractivity contribution is 0.100. The van der Waals surface area contributed by atoms with E-state index in [1.807, 2.05) is 4.72 Å². The average molecular weight is 234 g/mol. The monoisotopic (exact) mass is 233 g/mol. The largest absolute Gasteiger partial charge is 0.755 e. The van der Waals surface area contributed by atoms with Crippen LogP contribution in [0.1, 0.15) is 10.4 Å². The van der Waals surface area contributed by atoms with Gasteiger partial charge in [0.15, 0.2) is 0 Å². The number of amides is 1. The van der Waals surface area contributed by atoms with E-state index in [0.29, 0.717) is 0 Å². The summed E-state index contributed by atoms with van der Waals surface area (Å²) in [6.07, 6.45) is 0. The number of nitrogens with two attached hydrogens (primary N) is 1. The van der Waals surface area contributed by atoms with Gasteiger partial charge in [0.25, 0.3) is 0 Å². The van der Waals surface area contributed by atoms with Gasteiger partial charge in [-0.05, 0) is 18.2 Å². The number of rotatable bonds is 3. The highest BCUT2D eigenvalue weighted by Crippen LogP contribution is 2.22. The quantitative estimate of drug-likeness (QED) is 0.750. The number of anilines is 1. The number of hydrogen-bond acceptors (Lipinski definition) is 3. The van der Waals surface area contributed by atoms with E-state index in [1.165, 1.54) is 18.2 Å². The molecule has 1 aromatic carbocycles. The molecular formula is C7H6ClN2O3S-. The molecule has 0 radical (unpaired) electrons. The lowest BCUT2D eigenvalue weighted by atomic mass is 10.2. The molecule has 0 saturated carbocycles. The maximum absolute atomic E-state index is 10.7. The number of primary amides is 1. The smallest absolute Gasteiger partial charge is 0.248 e. The van der Waals surface area contributed by atoms with Crippen molar-refractivity contribution in [3.05, 3.63) is 28.8 Å². The van der Waals surface area contributed by atoms with Gasteiger partial charge in [0.2, 0.25) is 5.91 Å². The molecule has 1 aromatic rings. The van der Waals surface area contributed by atoms with Gasteiger partial charge in [0.1, 0.15) is 0 Å². The molecule has 0 fully saturated rings. The lowest BCUT2D eigenvalue weighted by Gasteiger charge is -2.10. The predicted molar refractivity (Wildman–Crippen MR) is 52.5 cm³/mol. The van der Waals surface area contributed by atoms with Crippen molar-refractivity contribution in [1.29, 1.82) is 0 Å². The lowest BCUT2D eigenvalue weighted by Crippen LogP contribution is -2.12. The zero-order valence-corrected chi connectivity index (χ0v) is 8.39. The molecular weight excluding hydrogens is 228 g/mol. The molecule has 1 atom stereocenters. The van der Waals surface area contributed by atoms with Crippen LogP contribution < -0.4 is 10.5 Å². The number of carbonyl (C=O) groups excluding carboxylic acids is 1. The average Bonchev–Trinajstić information content (AvgIpc) is 2.07. The highest BCUT2D eigenvalue weighted by Gasteiger charge is 2.05. The second kappa shape index (κ2) is 4.41. The van der Waals surface area contributed by atoms with Gasteiger partial charge in [-0.2, -0.15) is 0 Å². The van der Waals surface area contributed by atoms with Crippen LogP contribution in [-0.2, 0) is 11.3 Å². The molecule has 0 aliphatic heterocycles. The third-order valence-electron chi connectivity index (χ3n) is 1.44. The Kier molecular flexibility index (Phi) is 3.45. The van der Waals surface area contributed by atoms with Crippen LogP contribution >= 0.6 is 11.6 Å². The first-order chi connectivity index (χ1) is 6.50. The van der Waals surface area contributed by atoms with E-state index >= 15 is 0 Å². The summed E-state index contributed by atoms with van der Waals surface area (Å²) < 4.78 is 22.7. The van der Waals surface area contributed by atoms with Gasteiger partial charge in [0.05, 0.1) is 10.7 Å². The van der Waals surface area contributed by atoms with E-state index in [-0.39, 0.29) is 16.3 Å². The SMILES string of the molecule is NC(=O)c1ccc(Cl)c(NS(=O)[O-])c1. The van der Waals surface area contributed by atoms with E-state index in [2.05, 4.69) is 0 Å². The van der Waals surface area contributed by atoms with Gasteiger partial charge >= 0.3 is 0 Å². The van der Waals surface area contributed by atoms with E-state index in [4.69, 9.17) is 17.3 Å². The highest BCUT2D eigenvalue weighted by atomic mass is 35.5. The van der Waals surface area contributed by atoms with Gasteiger partial charge in [-0.25, -0.2) is 0 Å². The zero-order valence-electron chi connectivity index (χ0n) is 6.82.